The molecule has 0 unspecified atom stereocenters. The van der Waals surface area contributed by atoms with E-state index >= 15 is 0 Å². The van der Waals surface area contributed by atoms with Gasteiger partial charge in [0, 0.05) is 15.0 Å². The molecule has 3 N–H and O–H groups in total. The fourth-order valence-electron chi connectivity index (χ4n) is 2.60. The van der Waals surface area contributed by atoms with Crippen LogP contribution < -0.4 is 19.9 Å². The number of sulfonamides is 1. The van der Waals surface area contributed by atoms with Crippen molar-refractivity contribution in [3.63, 3.8) is 0 Å². The molecule has 3 heterocycles. The number of aromatic nitrogens is 4. The van der Waals surface area contributed by atoms with Gasteiger partial charge in [-0.3, -0.25) is 0 Å². The Balaban J connectivity index is 1.76. The predicted molar refractivity (Wildman–Crippen MR) is 112 cm³/mol. The average Bonchev–Trinajstić information content (AvgIpc) is 3.25. The van der Waals surface area contributed by atoms with Gasteiger partial charge < -0.3 is 19.8 Å². The van der Waals surface area contributed by atoms with Gasteiger partial charge in [0.15, 0.2) is 33.6 Å². The molecule has 1 aromatic carbocycles. The molecule has 0 saturated carbocycles. The Bertz CT molecular complexity index is 1170. The molecule has 148 valence electrons. The Labute approximate surface area is 178 Å². The second-order valence-electron chi connectivity index (χ2n) is 5.74. The van der Waals surface area contributed by atoms with Crippen molar-refractivity contribution in [2.24, 2.45) is 0 Å². The van der Waals surface area contributed by atoms with Gasteiger partial charge in [0.05, 0.1) is 5.75 Å². The summed E-state index contributed by atoms with van der Waals surface area (Å²) in [6.45, 7) is 0.353. The molecular weight excluding hydrogens is 519 g/mol. The van der Waals surface area contributed by atoms with E-state index in [0.29, 0.717) is 27.8 Å². The van der Waals surface area contributed by atoms with Crippen LogP contribution >= 0.6 is 34.4 Å². The van der Waals surface area contributed by atoms with Crippen molar-refractivity contribution in [1.82, 2.24) is 24.2 Å². The van der Waals surface area contributed by atoms with E-state index in [2.05, 4.69) is 42.3 Å². The Hall–Kier alpha value is -1.84. The van der Waals surface area contributed by atoms with Crippen LogP contribution in [0.3, 0.4) is 0 Å². The number of nitrogens with two attached hydrogens (primary N) is 1. The zero-order valence-electron chi connectivity index (χ0n) is 14.5. The number of rotatable bonds is 6. The summed E-state index contributed by atoms with van der Waals surface area (Å²) in [5.41, 5.74) is 6.86. The third-order valence-corrected chi connectivity index (χ3v) is 7.70. The lowest BCUT2D eigenvalue weighted by Crippen LogP contribution is -2.25. The zero-order valence-corrected chi connectivity index (χ0v) is 18.3. The number of nitrogens with zero attached hydrogens (tertiary/aromatic N) is 4. The minimum atomic E-state index is -3.40. The van der Waals surface area contributed by atoms with E-state index in [9.17, 15) is 8.42 Å². The van der Waals surface area contributed by atoms with Gasteiger partial charge in [-0.15, -0.1) is 0 Å². The molecule has 2 aromatic heterocycles. The standard InChI is InChI=1S/C15H15IN6O4S2/c1-18-28(23,24)3-2-22-14-12(13(17)19-6-20-14)21-15(22)27-11-5-10-9(4-8(11)16)25-7-26-10/h4-6,18H,2-3,7H2,1H3,(H2,17,19,20). The number of anilines is 1. The molecule has 0 bridgehead atoms. The predicted octanol–water partition coefficient (Wildman–Crippen LogP) is 1.44. The third-order valence-electron chi connectivity index (χ3n) is 4.05. The highest BCUT2D eigenvalue weighted by Gasteiger charge is 2.21. The molecule has 0 aliphatic carbocycles. The summed E-state index contributed by atoms with van der Waals surface area (Å²) < 4.78 is 39.7. The van der Waals surface area contributed by atoms with Gasteiger partial charge in [0.1, 0.15) is 6.33 Å². The third kappa shape index (κ3) is 3.70. The number of fused-ring (bicyclic) bond motifs is 2. The molecule has 28 heavy (non-hydrogen) atoms. The number of nitrogens with one attached hydrogen (secondary N) is 1. The first-order chi connectivity index (χ1) is 13.4. The second kappa shape index (κ2) is 7.53. The number of hydrogen-bond acceptors (Lipinski definition) is 9. The summed E-state index contributed by atoms with van der Waals surface area (Å²) >= 11 is 3.58. The minimum Gasteiger partial charge on any atom is -0.454 e. The summed E-state index contributed by atoms with van der Waals surface area (Å²) in [6, 6.07) is 3.76. The molecular formula is C15H15IN6O4S2. The maximum atomic E-state index is 11.9. The lowest BCUT2D eigenvalue weighted by Gasteiger charge is -2.10. The van der Waals surface area contributed by atoms with Crippen LogP contribution in [0.15, 0.2) is 28.5 Å². The lowest BCUT2D eigenvalue weighted by atomic mass is 10.3. The summed E-state index contributed by atoms with van der Waals surface area (Å²) in [5.74, 6) is 1.47. The van der Waals surface area contributed by atoms with E-state index in [1.807, 2.05) is 12.1 Å². The quantitative estimate of drug-likeness (QED) is 0.451. The van der Waals surface area contributed by atoms with Crippen molar-refractivity contribution >= 4 is 61.4 Å². The summed E-state index contributed by atoms with van der Waals surface area (Å²) in [5, 5.41) is 0.560. The second-order valence-corrected chi connectivity index (χ2v) is 9.96. The van der Waals surface area contributed by atoms with Gasteiger partial charge in [-0.25, -0.2) is 28.1 Å². The van der Waals surface area contributed by atoms with Crippen LogP contribution in [0.1, 0.15) is 0 Å². The van der Waals surface area contributed by atoms with E-state index in [1.54, 1.807) is 4.57 Å². The minimum absolute atomic E-state index is 0.120. The van der Waals surface area contributed by atoms with Crippen LogP contribution in [0, 0.1) is 3.57 Å². The van der Waals surface area contributed by atoms with Crippen LogP contribution in [-0.2, 0) is 16.6 Å². The highest BCUT2D eigenvalue weighted by atomic mass is 127. The first-order valence-corrected chi connectivity index (χ1v) is 11.6. The normalized spacial score (nSPS) is 13.4. The van der Waals surface area contributed by atoms with E-state index in [4.69, 9.17) is 15.2 Å². The molecule has 0 atom stereocenters. The number of imidazole rings is 1. The van der Waals surface area contributed by atoms with Crippen LogP contribution in [0.2, 0.25) is 0 Å². The van der Waals surface area contributed by atoms with Crippen molar-refractivity contribution in [3.05, 3.63) is 22.0 Å². The van der Waals surface area contributed by atoms with Crippen molar-refractivity contribution in [2.45, 2.75) is 16.6 Å². The zero-order chi connectivity index (χ0) is 19.9. The van der Waals surface area contributed by atoms with Gasteiger partial charge in [0.25, 0.3) is 0 Å². The van der Waals surface area contributed by atoms with Crippen LogP contribution in [0.5, 0.6) is 11.5 Å². The number of benzene rings is 1. The first kappa shape index (κ1) is 19.5. The molecule has 0 spiro atoms. The SMILES string of the molecule is CNS(=O)(=O)CCn1c(Sc2cc3c(cc2I)OCO3)nc2c(N)ncnc21. The smallest absolute Gasteiger partial charge is 0.231 e. The van der Waals surface area contributed by atoms with Crippen molar-refractivity contribution < 1.29 is 17.9 Å². The van der Waals surface area contributed by atoms with Crippen LogP contribution in [-0.4, -0.2) is 47.5 Å². The summed E-state index contributed by atoms with van der Waals surface area (Å²) in [4.78, 5) is 13.7. The Morgan fingerprint density at radius 3 is 2.82 bits per heavy atom. The number of aryl methyl sites for hydroxylation is 1. The molecule has 13 heteroatoms. The fourth-order valence-corrected chi connectivity index (χ4v) is 4.94. The maximum absolute atomic E-state index is 11.9. The Morgan fingerprint density at radius 1 is 1.32 bits per heavy atom. The number of nitrogen functional groups attached to an aromatic ring is 1. The lowest BCUT2D eigenvalue weighted by molar-refractivity contribution is 0.174. The van der Waals surface area contributed by atoms with E-state index in [-0.39, 0.29) is 24.9 Å². The Kier molecular flexibility index (Phi) is 5.24. The molecule has 3 aromatic rings. The van der Waals surface area contributed by atoms with Crippen molar-refractivity contribution in [2.75, 3.05) is 25.3 Å². The van der Waals surface area contributed by atoms with E-state index < -0.39 is 10.0 Å². The molecule has 1 aliphatic rings. The maximum Gasteiger partial charge on any atom is 0.231 e. The summed E-state index contributed by atoms with van der Waals surface area (Å²) in [6.07, 6.45) is 1.33. The number of halogens is 1. The molecule has 0 amide bonds. The molecule has 4 rings (SSSR count). The summed E-state index contributed by atoms with van der Waals surface area (Å²) in [7, 11) is -2.02. The van der Waals surface area contributed by atoms with E-state index in [0.717, 1.165) is 8.47 Å². The van der Waals surface area contributed by atoms with Gasteiger partial charge in [0.2, 0.25) is 16.8 Å². The van der Waals surface area contributed by atoms with E-state index in [1.165, 1.54) is 25.1 Å². The monoisotopic (exact) mass is 534 g/mol. The molecule has 10 nitrogen and oxygen atoms in total. The molecule has 0 fully saturated rings. The highest BCUT2D eigenvalue weighted by Crippen LogP contribution is 2.41. The molecule has 0 radical (unpaired) electrons. The van der Waals surface area contributed by atoms with Crippen LogP contribution in [0.4, 0.5) is 5.82 Å². The average molecular weight is 534 g/mol. The Morgan fingerprint density at radius 2 is 2.07 bits per heavy atom. The van der Waals surface area contributed by atoms with Gasteiger partial charge >= 0.3 is 0 Å². The van der Waals surface area contributed by atoms with Crippen molar-refractivity contribution in [1.29, 1.82) is 0 Å². The van der Waals surface area contributed by atoms with Crippen molar-refractivity contribution in [3.8, 4) is 11.5 Å². The molecule has 0 saturated heterocycles. The number of ether oxygens (including phenoxy) is 2. The largest absolute Gasteiger partial charge is 0.454 e. The first-order valence-electron chi connectivity index (χ1n) is 8.03. The highest BCUT2D eigenvalue weighted by molar-refractivity contribution is 14.1. The molecule has 1 aliphatic heterocycles. The van der Waals surface area contributed by atoms with Gasteiger partial charge in [-0.05, 0) is 41.8 Å². The topological polar surface area (TPSA) is 134 Å². The fraction of sp³-hybridized carbons (Fsp3) is 0.267. The number of hydrogen-bond donors (Lipinski definition) is 2. The van der Waals surface area contributed by atoms with Crippen LogP contribution in [0.25, 0.3) is 11.2 Å². The van der Waals surface area contributed by atoms with Gasteiger partial charge in [-0.2, -0.15) is 0 Å². The van der Waals surface area contributed by atoms with Gasteiger partial charge in [-0.1, -0.05) is 11.8 Å².